The summed E-state index contributed by atoms with van der Waals surface area (Å²) in [4.78, 5) is 4.36. The van der Waals surface area contributed by atoms with Gasteiger partial charge in [-0.15, -0.1) is 0 Å². The molecule has 0 saturated carbocycles. The van der Waals surface area contributed by atoms with Crippen molar-refractivity contribution in [3.8, 4) is 23.6 Å². The highest BCUT2D eigenvalue weighted by Gasteiger charge is 2.04. The Hall–Kier alpha value is -3.44. The molecule has 25 heavy (non-hydrogen) atoms. The molecule has 0 amide bonds. The van der Waals surface area contributed by atoms with Gasteiger partial charge in [0.25, 0.3) is 0 Å². The maximum Gasteiger partial charge on any atom is 0.126 e. The maximum absolute atomic E-state index is 13.6. The van der Waals surface area contributed by atoms with Gasteiger partial charge in [0, 0.05) is 12.4 Å². The lowest BCUT2D eigenvalue weighted by atomic mass is 10.1. The van der Waals surface area contributed by atoms with Crippen LogP contribution in [0.2, 0.25) is 0 Å². The highest BCUT2D eigenvalue weighted by Crippen LogP contribution is 2.13. The van der Waals surface area contributed by atoms with Crippen molar-refractivity contribution in [3.63, 3.8) is 0 Å². The Bertz CT molecular complexity index is 962. The first-order chi connectivity index (χ1) is 12.2. The van der Waals surface area contributed by atoms with Gasteiger partial charge in [-0.25, -0.2) is 9.07 Å². The van der Waals surface area contributed by atoms with E-state index in [1.165, 1.54) is 16.8 Å². The average Bonchev–Trinajstić information content (AvgIpc) is 3.13. The molecule has 0 N–H and O–H groups in total. The Morgan fingerprint density at radius 3 is 2.92 bits per heavy atom. The molecule has 0 spiro atoms. The third-order valence-corrected chi connectivity index (χ3v) is 3.56. The molecule has 3 rings (SSSR count). The number of halogens is 1. The third kappa shape index (κ3) is 4.53. The molecule has 0 bridgehead atoms. The Labute approximate surface area is 145 Å². The summed E-state index contributed by atoms with van der Waals surface area (Å²) in [6.45, 7) is 0. The molecule has 2 aromatic rings. The summed E-state index contributed by atoms with van der Waals surface area (Å²) >= 11 is 0. The number of benzene rings is 1. The molecular formula is C20H15FN4. The van der Waals surface area contributed by atoms with E-state index >= 15 is 0 Å². The second-order valence-electron chi connectivity index (χ2n) is 5.47. The normalized spacial score (nSPS) is 16.2. The standard InChI is InChI=1S/C20H15FN4/c21-18-10-17(13-22)11-20(12-18)25-15-16(14-24-25)7-8-19-6-4-2-1-3-5-9-23-19/h1,3,5,9-12,14-15H,2,4,6H2/b3-1-,9-5-,23-19?. The summed E-state index contributed by atoms with van der Waals surface area (Å²) in [5.74, 6) is 5.64. The van der Waals surface area contributed by atoms with Gasteiger partial charge in [0.1, 0.15) is 5.82 Å². The van der Waals surface area contributed by atoms with E-state index in [0.29, 0.717) is 11.3 Å². The van der Waals surface area contributed by atoms with E-state index < -0.39 is 5.82 Å². The van der Waals surface area contributed by atoms with Gasteiger partial charge in [-0.1, -0.05) is 18.1 Å². The van der Waals surface area contributed by atoms with Crippen LogP contribution in [0.4, 0.5) is 4.39 Å². The summed E-state index contributed by atoms with van der Waals surface area (Å²) in [5.41, 5.74) is 2.26. The lowest BCUT2D eigenvalue weighted by Gasteiger charge is -2.01. The molecule has 122 valence electrons. The number of aromatic nitrogens is 2. The predicted molar refractivity (Wildman–Crippen MR) is 94.7 cm³/mol. The Morgan fingerprint density at radius 2 is 2.04 bits per heavy atom. The summed E-state index contributed by atoms with van der Waals surface area (Å²) < 4.78 is 15.1. The van der Waals surface area contributed by atoms with E-state index in [1.807, 2.05) is 18.2 Å². The molecule has 1 aromatic heterocycles. The van der Waals surface area contributed by atoms with Crippen LogP contribution >= 0.6 is 0 Å². The second-order valence-corrected chi connectivity index (χ2v) is 5.47. The lowest BCUT2D eigenvalue weighted by molar-refractivity contribution is 0.625. The topological polar surface area (TPSA) is 54.0 Å². The van der Waals surface area contributed by atoms with E-state index in [0.717, 1.165) is 25.0 Å². The molecule has 0 aliphatic carbocycles. The van der Waals surface area contributed by atoms with Crippen molar-refractivity contribution in [2.24, 2.45) is 4.99 Å². The minimum Gasteiger partial charge on any atom is -0.252 e. The number of hydrogen-bond donors (Lipinski definition) is 0. The maximum atomic E-state index is 13.6. The molecule has 5 heteroatoms. The van der Waals surface area contributed by atoms with Gasteiger partial charge in [0.15, 0.2) is 0 Å². The van der Waals surface area contributed by atoms with Crippen LogP contribution < -0.4 is 0 Å². The Kier molecular flexibility index (Phi) is 5.19. The molecule has 0 radical (unpaired) electrons. The molecular weight excluding hydrogens is 315 g/mol. The molecule has 1 aliphatic rings. The number of aliphatic imine (C=N–C) groups is 1. The molecule has 1 aromatic carbocycles. The Morgan fingerprint density at radius 1 is 1.12 bits per heavy atom. The van der Waals surface area contributed by atoms with Crippen LogP contribution in [0.25, 0.3) is 5.69 Å². The van der Waals surface area contributed by atoms with Gasteiger partial charge < -0.3 is 0 Å². The van der Waals surface area contributed by atoms with Gasteiger partial charge in [-0.2, -0.15) is 10.4 Å². The molecule has 2 heterocycles. The summed E-state index contributed by atoms with van der Waals surface area (Å²) in [7, 11) is 0. The van der Waals surface area contributed by atoms with Crippen molar-refractivity contribution < 1.29 is 4.39 Å². The van der Waals surface area contributed by atoms with Crippen LogP contribution in [-0.2, 0) is 0 Å². The van der Waals surface area contributed by atoms with Crippen LogP contribution in [0.1, 0.15) is 30.4 Å². The first-order valence-corrected chi connectivity index (χ1v) is 7.91. The number of hydrogen-bond acceptors (Lipinski definition) is 3. The van der Waals surface area contributed by atoms with E-state index in [1.54, 1.807) is 24.7 Å². The van der Waals surface area contributed by atoms with Crippen molar-refractivity contribution in [2.75, 3.05) is 0 Å². The van der Waals surface area contributed by atoms with Gasteiger partial charge in [0.2, 0.25) is 0 Å². The van der Waals surface area contributed by atoms with Gasteiger partial charge in [0.05, 0.1) is 34.8 Å². The quantitative estimate of drug-likeness (QED) is 0.744. The molecule has 4 nitrogen and oxygen atoms in total. The number of rotatable bonds is 1. The zero-order valence-electron chi connectivity index (χ0n) is 13.5. The van der Waals surface area contributed by atoms with E-state index in [-0.39, 0.29) is 5.56 Å². The summed E-state index contributed by atoms with van der Waals surface area (Å²) in [5, 5.41) is 13.1. The fourth-order valence-electron chi connectivity index (χ4n) is 2.35. The number of nitriles is 1. The molecule has 0 unspecified atom stereocenters. The highest BCUT2D eigenvalue weighted by atomic mass is 19.1. The zero-order valence-corrected chi connectivity index (χ0v) is 13.5. The molecule has 0 saturated heterocycles. The zero-order chi connectivity index (χ0) is 17.5. The van der Waals surface area contributed by atoms with Crippen molar-refractivity contribution in [1.82, 2.24) is 9.78 Å². The van der Waals surface area contributed by atoms with E-state index in [2.05, 4.69) is 28.0 Å². The number of allylic oxidation sites excluding steroid dienone is 3. The highest BCUT2D eigenvalue weighted by molar-refractivity contribution is 6.01. The molecule has 0 atom stereocenters. The van der Waals surface area contributed by atoms with Crippen molar-refractivity contribution >= 4 is 5.71 Å². The molecule has 0 fully saturated rings. The smallest absolute Gasteiger partial charge is 0.126 e. The lowest BCUT2D eigenvalue weighted by Crippen LogP contribution is -1.96. The fourth-order valence-corrected chi connectivity index (χ4v) is 2.35. The Balaban J connectivity index is 1.82. The summed E-state index contributed by atoms with van der Waals surface area (Å²) in [6.07, 6.45) is 13.9. The van der Waals surface area contributed by atoms with Gasteiger partial charge in [-0.05, 0) is 49.5 Å². The average molecular weight is 330 g/mol. The van der Waals surface area contributed by atoms with Crippen molar-refractivity contribution in [3.05, 3.63) is 72.0 Å². The van der Waals surface area contributed by atoms with Crippen LogP contribution in [0.3, 0.4) is 0 Å². The SMILES string of the molecule is N#Cc1cc(F)cc(-n2cc(C#CC3=N/C=C\C=C/CCC3)cn2)c1. The van der Waals surface area contributed by atoms with Gasteiger partial charge >= 0.3 is 0 Å². The summed E-state index contributed by atoms with van der Waals surface area (Å²) in [6, 6.07) is 6.02. The first kappa shape index (κ1) is 16.4. The molecule has 1 aliphatic heterocycles. The fraction of sp³-hybridized carbons (Fsp3) is 0.150. The predicted octanol–water partition coefficient (Wildman–Crippen LogP) is 3.93. The van der Waals surface area contributed by atoms with Crippen molar-refractivity contribution in [2.45, 2.75) is 19.3 Å². The van der Waals surface area contributed by atoms with Crippen LogP contribution in [0.5, 0.6) is 0 Å². The van der Waals surface area contributed by atoms with Crippen molar-refractivity contribution in [1.29, 1.82) is 5.26 Å². The first-order valence-electron chi connectivity index (χ1n) is 7.91. The van der Waals surface area contributed by atoms with Crippen LogP contribution in [-0.4, -0.2) is 15.5 Å². The second kappa shape index (κ2) is 7.90. The monoisotopic (exact) mass is 330 g/mol. The third-order valence-electron chi connectivity index (χ3n) is 3.56. The minimum absolute atomic E-state index is 0.249. The van der Waals surface area contributed by atoms with E-state index in [4.69, 9.17) is 5.26 Å². The van der Waals surface area contributed by atoms with Gasteiger partial charge in [-0.3, -0.25) is 4.99 Å². The largest absolute Gasteiger partial charge is 0.252 e. The van der Waals surface area contributed by atoms with Crippen LogP contribution in [0.15, 0.2) is 60.0 Å². The number of nitrogens with zero attached hydrogens (tertiary/aromatic N) is 4. The minimum atomic E-state index is -0.475. The van der Waals surface area contributed by atoms with E-state index in [9.17, 15) is 4.39 Å². The van der Waals surface area contributed by atoms with Crippen LogP contribution in [0, 0.1) is 29.0 Å².